The summed E-state index contributed by atoms with van der Waals surface area (Å²) >= 11 is 0. The predicted octanol–water partition coefficient (Wildman–Crippen LogP) is 2.10. The fourth-order valence-corrected chi connectivity index (χ4v) is 2.49. The summed E-state index contributed by atoms with van der Waals surface area (Å²) in [6, 6.07) is 1.51. The second-order valence-corrected chi connectivity index (χ2v) is 6.27. The third-order valence-corrected chi connectivity index (χ3v) is 3.52. The summed E-state index contributed by atoms with van der Waals surface area (Å²) in [4.78, 5) is 29.7. The molecule has 1 N–H and O–H groups in total. The van der Waals surface area contributed by atoms with Crippen molar-refractivity contribution >= 4 is 17.8 Å². The SMILES string of the molecule is CC(C)(C)OC(=O)N1C(=O)C2(CC2)c2cc(O)cnc21. The quantitative estimate of drug-likeness (QED) is 0.785. The van der Waals surface area contributed by atoms with E-state index in [0.717, 1.165) is 4.90 Å². The number of hydrogen-bond donors (Lipinski definition) is 1. The normalized spacial score (nSPS) is 19.1. The lowest BCUT2D eigenvalue weighted by molar-refractivity contribution is -0.120. The Balaban J connectivity index is 2.02. The molecule has 1 aromatic heterocycles. The van der Waals surface area contributed by atoms with Gasteiger partial charge < -0.3 is 9.84 Å². The van der Waals surface area contributed by atoms with Gasteiger partial charge in [-0.2, -0.15) is 4.90 Å². The number of amides is 2. The number of nitrogens with zero attached hydrogens (tertiary/aromatic N) is 2. The van der Waals surface area contributed by atoms with Crippen LogP contribution in [0.1, 0.15) is 39.2 Å². The minimum absolute atomic E-state index is 0.00568. The second kappa shape index (κ2) is 3.71. The fourth-order valence-electron chi connectivity index (χ4n) is 2.49. The summed E-state index contributed by atoms with van der Waals surface area (Å²) in [5, 5.41) is 9.55. The Hall–Kier alpha value is -2.11. The molecule has 1 fully saturated rings. The first-order valence-electron chi connectivity index (χ1n) is 6.52. The molecule has 0 saturated heterocycles. The largest absolute Gasteiger partial charge is 0.506 e. The number of fused-ring (bicyclic) bond motifs is 2. The number of ether oxygens (including phenoxy) is 1. The van der Waals surface area contributed by atoms with Gasteiger partial charge in [-0.3, -0.25) is 4.79 Å². The Morgan fingerprint density at radius 1 is 1.45 bits per heavy atom. The van der Waals surface area contributed by atoms with Gasteiger partial charge in [-0.25, -0.2) is 9.78 Å². The molecule has 0 unspecified atom stereocenters. The Morgan fingerprint density at radius 2 is 2.10 bits per heavy atom. The van der Waals surface area contributed by atoms with Gasteiger partial charge in [0.25, 0.3) is 0 Å². The van der Waals surface area contributed by atoms with Crippen molar-refractivity contribution in [3.05, 3.63) is 17.8 Å². The first-order chi connectivity index (χ1) is 9.24. The van der Waals surface area contributed by atoms with Gasteiger partial charge >= 0.3 is 6.09 Å². The first kappa shape index (κ1) is 12.9. The summed E-state index contributed by atoms with van der Waals surface area (Å²) in [7, 11) is 0. The third-order valence-electron chi connectivity index (χ3n) is 3.52. The van der Waals surface area contributed by atoms with Gasteiger partial charge in [-0.05, 0) is 39.7 Å². The van der Waals surface area contributed by atoms with Crippen molar-refractivity contribution in [2.45, 2.75) is 44.6 Å². The molecule has 1 aromatic rings. The van der Waals surface area contributed by atoms with Crippen molar-refractivity contribution in [3.8, 4) is 5.75 Å². The number of imide groups is 1. The van der Waals surface area contributed by atoms with Crippen molar-refractivity contribution < 1.29 is 19.4 Å². The maximum Gasteiger partial charge on any atom is 0.423 e. The van der Waals surface area contributed by atoms with E-state index in [4.69, 9.17) is 4.74 Å². The lowest BCUT2D eigenvalue weighted by Gasteiger charge is -2.23. The molecule has 2 heterocycles. The summed E-state index contributed by atoms with van der Waals surface area (Å²) in [6.45, 7) is 5.22. The number of carbonyl (C=O) groups is 2. The standard InChI is InChI=1S/C14H16N2O4/c1-13(2,3)20-12(19)16-10-9(6-8(17)7-15-10)14(4-5-14)11(16)18/h6-7,17H,4-5H2,1-3H3. The van der Waals surface area contributed by atoms with E-state index in [1.807, 2.05) is 0 Å². The zero-order valence-electron chi connectivity index (χ0n) is 11.6. The number of aromatic hydroxyl groups is 1. The molecule has 1 aliphatic heterocycles. The van der Waals surface area contributed by atoms with Gasteiger partial charge in [0.2, 0.25) is 5.91 Å². The van der Waals surface area contributed by atoms with Crippen LogP contribution in [0.25, 0.3) is 0 Å². The van der Waals surface area contributed by atoms with Crippen LogP contribution < -0.4 is 4.90 Å². The van der Waals surface area contributed by atoms with Crippen LogP contribution in [0, 0.1) is 0 Å². The number of pyridine rings is 1. The number of carbonyl (C=O) groups excluding carboxylic acids is 2. The fraction of sp³-hybridized carbons (Fsp3) is 0.500. The molecule has 0 radical (unpaired) electrons. The maximum absolute atomic E-state index is 12.5. The number of rotatable bonds is 0. The smallest absolute Gasteiger partial charge is 0.423 e. The number of aromatic nitrogens is 1. The second-order valence-electron chi connectivity index (χ2n) is 6.27. The van der Waals surface area contributed by atoms with Gasteiger partial charge in [0.1, 0.15) is 17.2 Å². The molecule has 0 bridgehead atoms. The van der Waals surface area contributed by atoms with Crippen molar-refractivity contribution in [1.29, 1.82) is 0 Å². The van der Waals surface area contributed by atoms with Gasteiger partial charge in [0.15, 0.2) is 0 Å². The highest BCUT2D eigenvalue weighted by molar-refractivity contribution is 6.21. The molecule has 1 spiro atoms. The Kier molecular flexibility index (Phi) is 2.39. The van der Waals surface area contributed by atoms with Crippen LogP contribution in [0.3, 0.4) is 0 Å². The maximum atomic E-state index is 12.5. The van der Waals surface area contributed by atoms with Crippen LogP contribution in [-0.2, 0) is 14.9 Å². The highest BCUT2D eigenvalue weighted by atomic mass is 16.6. The van der Waals surface area contributed by atoms with Crippen LogP contribution in [0.4, 0.5) is 10.6 Å². The number of hydrogen-bond acceptors (Lipinski definition) is 5. The van der Waals surface area contributed by atoms with E-state index in [2.05, 4.69) is 4.98 Å². The van der Waals surface area contributed by atoms with E-state index < -0.39 is 17.1 Å². The molecular formula is C14H16N2O4. The van der Waals surface area contributed by atoms with Crippen molar-refractivity contribution in [3.63, 3.8) is 0 Å². The minimum atomic E-state index is -0.717. The zero-order valence-corrected chi connectivity index (χ0v) is 11.6. The molecule has 20 heavy (non-hydrogen) atoms. The topological polar surface area (TPSA) is 79.7 Å². The molecule has 2 amide bonds. The molecule has 0 aromatic carbocycles. The van der Waals surface area contributed by atoms with Gasteiger partial charge in [-0.15, -0.1) is 0 Å². The first-order valence-corrected chi connectivity index (χ1v) is 6.52. The van der Waals surface area contributed by atoms with E-state index in [9.17, 15) is 14.7 Å². The van der Waals surface area contributed by atoms with Crippen LogP contribution in [0.5, 0.6) is 5.75 Å². The minimum Gasteiger partial charge on any atom is -0.506 e. The average molecular weight is 276 g/mol. The van der Waals surface area contributed by atoms with Crippen LogP contribution in [0.2, 0.25) is 0 Å². The molecule has 1 saturated carbocycles. The predicted molar refractivity (Wildman–Crippen MR) is 70.5 cm³/mol. The Morgan fingerprint density at radius 3 is 2.65 bits per heavy atom. The van der Waals surface area contributed by atoms with Crippen molar-refractivity contribution in [2.75, 3.05) is 4.90 Å². The lowest BCUT2D eigenvalue weighted by atomic mass is 10.00. The highest BCUT2D eigenvalue weighted by Gasteiger charge is 2.62. The average Bonchev–Trinajstić information content (AvgIpc) is 3.05. The summed E-state index contributed by atoms with van der Waals surface area (Å²) in [5.74, 6) is -0.0340. The molecule has 3 rings (SSSR count). The lowest BCUT2D eigenvalue weighted by Crippen LogP contribution is -2.41. The van der Waals surface area contributed by atoms with E-state index in [-0.39, 0.29) is 17.5 Å². The van der Waals surface area contributed by atoms with Crippen molar-refractivity contribution in [1.82, 2.24) is 4.98 Å². The van der Waals surface area contributed by atoms with E-state index in [1.165, 1.54) is 12.3 Å². The summed E-state index contributed by atoms with van der Waals surface area (Å²) < 4.78 is 5.26. The highest BCUT2D eigenvalue weighted by Crippen LogP contribution is 2.57. The molecule has 106 valence electrons. The van der Waals surface area contributed by atoms with Crippen LogP contribution in [-0.4, -0.2) is 27.7 Å². The molecule has 6 heteroatoms. The number of anilines is 1. The molecule has 1 aliphatic carbocycles. The molecule has 0 atom stereocenters. The van der Waals surface area contributed by atoms with Gasteiger partial charge in [0, 0.05) is 5.56 Å². The van der Waals surface area contributed by atoms with Gasteiger partial charge in [-0.1, -0.05) is 0 Å². The molecule has 2 aliphatic rings. The van der Waals surface area contributed by atoms with Crippen LogP contribution in [0.15, 0.2) is 12.3 Å². The van der Waals surface area contributed by atoms with Gasteiger partial charge in [0.05, 0.1) is 11.6 Å². The summed E-state index contributed by atoms with van der Waals surface area (Å²) in [5.41, 5.74) is -0.750. The third kappa shape index (κ3) is 1.75. The van der Waals surface area contributed by atoms with E-state index in [0.29, 0.717) is 18.4 Å². The van der Waals surface area contributed by atoms with E-state index >= 15 is 0 Å². The van der Waals surface area contributed by atoms with Crippen LogP contribution >= 0.6 is 0 Å². The zero-order chi connectivity index (χ0) is 14.7. The monoisotopic (exact) mass is 276 g/mol. The molecule has 6 nitrogen and oxygen atoms in total. The Labute approximate surface area is 116 Å². The molecular weight excluding hydrogens is 260 g/mol. The van der Waals surface area contributed by atoms with E-state index in [1.54, 1.807) is 20.8 Å². The Bertz CT molecular complexity index is 614. The van der Waals surface area contributed by atoms with Crippen molar-refractivity contribution in [2.24, 2.45) is 0 Å². The summed E-state index contributed by atoms with van der Waals surface area (Å²) in [6.07, 6.45) is 1.85.